The van der Waals surface area contributed by atoms with Gasteiger partial charge in [0.1, 0.15) is 11.2 Å². The molecule has 2 N–H and O–H groups in total. The van der Waals surface area contributed by atoms with E-state index in [0.717, 1.165) is 25.3 Å². The molecule has 30 heavy (non-hydrogen) atoms. The van der Waals surface area contributed by atoms with Gasteiger partial charge in [-0.05, 0) is 25.0 Å². The van der Waals surface area contributed by atoms with E-state index < -0.39 is 28.3 Å². The second kappa shape index (κ2) is 7.90. The van der Waals surface area contributed by atoms with Crippen LogP contribution >= 0.6 is 0 Å². The van der Waals surface area contributed by atoms with Gasteiger partial charge in [-0.1, -0.05) is 19.3 Å². The predicted octanol–water partition coefficient (Wildman–Crippen LogP) is 1.33. The van der Waals surface area contributed by atoms with Gasteiger partial charge in [0.15, 0.2) is 0 Å². The lowest BCUT2D eigenvalue weighted by molar-refractivity contribution is -0.384. The lowest BCUT2D eigenvalue weighted by Crippen LogP contribution is -2.50. The first-order valence-corrected chi connectivity index (χ1v) is 10.0. The van der Waals surface area contributed by atoms with Gasteiger partial charge in [-0.2, -0.15) is 5.01 Å². The summed E-state index contributed by atoms with van der Waals surface area (Å²) in [5.41, 5.74) is 1.52. The summed E-state index contributed by atoms with van der Waals surface area (Å²) in [6.45, 7) is 1.95. The number of carbonyl (C=O) groups excluding carboxylic acids is 3. The van der Waals surface area contributed by atoms with Gasteiger partial charge < -0.3 is 15.0 Å². The number of imide groups is 1. The van der Waals surface area contributed by atoms with Crippen molar-refractivity contribution in [3.8, 4) is 0 Å². The van der Waals surface area contributed by atoms with Crippen molar-refractivity contribution in [2.45, 2.75) is 37.6 Å². The highest BCUT2D eigenvalue weighted by Crippen LogP contribution is 2.33. The Morgan fingerprint density at radius 3 is 2.53 bits per heavy atom. The molecule has 4 amide bonds. The Hall–Kier alpha value is -3.21. The Morgan fingerprint density at radius 1 is 1.17 bits per heavy atom. The van der Waals surface area contributed by atoms with Crippen molar-refractivity contribution in [1.29, 1.82) is 0 Å². The monoisotopic (exact) mass is 417 g/mol. The highest BCUT2D eigenvalue weighted by atomic mass is 16.6. The molecule has 1 aromatic rings. The minimum absolute atomic E-state index is 0.0103. The summed E-state index contributed by atoms with van der Waals surface area (Å²) >= 11 is 0. The summed E-state index contributed by atoms with van der Waals surface area (Å²) in [5, 5.41) is 15.0. The first kappa shape index (κ1) is 20.1. The largest absolute Gasteiger partial charge is 0.378 e. The van der Waals surface area contributed by atoms with Crippen LogP contribution in [0.3, 0.4) is 0 Å². The van der Waals surface area contributed by atoms with Crippen LogP contribution in [0.2, 0.25) is 0 Å². The molecule has 3 fully saturated rings. The lowest BCUT2D eigenvalue weighted by Gasteiger charge is -2.30. The molecule has 0 unspecified atom stereocenters. The molecule has 3 aliphatic rings. The second-order valence-corrected chi connectivity index (χ2v) is 7.71. The van der Waals surface area contributed by atoms with Gasteiger partial charge in [0.05, 0.1) is 18.1 Å². The number of amides is 4. The molecule has 4 rings (SSSR count). The molecular weight excluding hydrogens is 394 g/mol. The number of nitrogens with zero attached hydrogens (tertiary/aromatic N) is 3. The number of hydrogen-bond acceptors (Lipinski definition) is 7. The molecule has 0 radical (unpaired) electrons. The van der Waals surface area contributed by atoms with Gasteiger partial charge in [-0.25, -0.2) is 4.79 Å². The Kier molecular flexibility index (Phi) is 5.29. The zero-order valence-corrected chi connectivity index (χ0v) is 16.4. The molecule has 0 atom stereocenters. The normalized spacial score (nSPS) is 20.9. The number of rotatable bonds is 4. The molecule has 160 valence electrons. The van der Waals surface area contributed by atoms with Crippen LogP contribution in [0, 0.1) is 10.1 Å². The van der Waals surface area contributed by atoms with Crippen LogP contribution in [-0.4, -0.2) is 59.6 Å². The van der Waals surface area contributed by atoms with E-state index in [9.17, 15) is 24.5 Å². The third-order valence-corrected chi connectivity index (χ3v) is 5.87. The van der Waals surface area contributed by atoms with Crippen molar-refractivity contribution < 1.29 is 24.0 Å². The SMILES string of the molecule is O=C(NN1C(=O)NC2(CCCCC2)C1=O)c1ccc(N2CCOCC2)c([N+](=O)[O-])c1. The molecule has 1 aromatic carbocycles. The molecule has 2 heterocycles. The van der Waals surface area contributed by atoms with Gasteiger partial charge in [0, 0.05) is 24.7 Å². The summed E-state index contributed by atoms with van der Waals surface area (Å²) in [4.78, 5) is 50.6. The fraction of sp³-hybridized carbons (Fsp3) is 0.526. The Balaban J connectivity index is 1.53. The lowest BCUT2D eigenvalue weighted by atomic mass is 9.82. The number of carbonyl (C=O) groups is 3. The highest BCUT2D eigenvalue weighted by molar-refractivity contribution is 6.09. The van der Waals surface area contributed by atoms with Gasteiger partial charge in [-0.3, -0.25) is 25.1 Å². The number of hydrogen-bond donors (Lipinski definition) is 2. The van der Waals surface area contributed by atoms with E-state index in [-0.39, 0.29) is 11.3 Å². The number of anilines is 1. The van der Waals surface area contributed by atoms with E-state index in [0.29, 0.717) is 49.8 Å². The molecule has 0 aromatic heterocycles. The third kappa shape index (κ3) is 3.56. The second-order valence-electron chi connectivity index (χ2n) is 7.71. The molecule has 1 aliphatic carbocycles. The molecule has 1 spiro atoms. The summed E-state index contributed by atoms with van der Waals surface area (Å²) in [5.74, 6) is -1.25. The van der Waals surface area contributed by atoms with Crippen molar-refractivity contribution >= 4 is 29.2 Å². The minimum atomic E-state index is -0.963. The van der Waals surface area contributed by atoms with Crippen LogP contribution < -0.4 is 15.6 Å². The molecule has 1 saturated carbocycles. The van der Waals surface area contributed by atoms with E-state index in [4.69, 9.17) is 4.74 Å². The van der Waals surface area contributed by atoms with Crippen LogP contribution in [0.1, 0.15) is 42.5 Å². The average molecular weight is 417 g/mol. The Bertz CT molecular complexity index is 891. The fourth-order valence-corrected chi connectivity index (χ4v) is 4.26. The average Bonchev–Trinajstić information content (AvgIpc) is 2.98. The molecular formula is C19H23N5O6. The first-order chi connectivity index (χ1) is 14.4. The predicted molar refractivity (Wildman–Crippen MR) is 105 cm³/mol. The van der Waals surface area contributed by atoms with Gasteiger partial charge in [0.25, 0.3) is 17.5 Å². The van der Waals surface area contributed by atoms with Crippen LogP contribution in [0.4, 0.5) is 16.2 Å². The number of urea groups is 1. The number of nitro benzene ring substituents is 1. The van der Waals surface area contributed by atoms with Gasteiger partial charge >= 0.3 is 6.03 Å². The standard InChI is InChI=1S/C19H23N5O6/c25-16(21-23-17(26)19(20-18(23)27)6-2-1-3-7-19)13-4-5-14(15(12-13)24(28)29)22-8-10-30-11-9-22/h4-5,12H,1-3,6-11H2,(H,20,27)(H,21,25). The van der Waals surface area contributed by atoms with E-state index in [1.165, 1.54) is 12.1 Å². The van der Waals surface area contributed by atoms with Gasteiger partial charge in [-0.15, -0.1) is 0 Å². The number of morpholine rings is 1. The Morgan fingerprint density at radius 2 is 1.87 bits per heavy atom. The topological polar surface area (TPSA) is 134 Å². The van der Waals surface area contributed by atoms with Crippen molar-refractivity contribution in [1.82, 2.24) is 15.8 Å². The first-order valence-electron chi connectivity index (χ1n) is 10.0. The smallest absolute Gasteiger partial charge is 0.344 e. The van der Waals surface area contributed by atoms with Crippen molar-refractivity contribution in [2.75, 3.05) is 31.2 Å². The summed E-state index contributed by atoms with van der Waals surface area (Å²) in [6, 6.07) is 3.43. The molecule has 2 saturated heterocycles. The quantitative estimate of drug-likeness (QED) is 0.429. The third-order valence-electron chi connectivity index (χ3n) is 5.87. The van der Waals surface area contributed by atoms with E-state index >= 15 is 0 Å². The van der Waals surface area contributed by atoms with E-state index in [2.05, 4.69) is 10.7 Å². The van der Waals surface area contributed by atoms with Crippen molar-refractivity contribution in [3.05, 3.63) is 33.9 Å². The van der Waals surface area contributed by atoms with Gasteiger partial charge in [0.2, 0.25) is 0 Å². The van der Waals surface area contributed by atoms with E-state index in [1.54, 1.807) is 0 Å². The van der Waals surface area contributed by atoms with Crippen molar-refractivity contribution in [3.63, 3.8) is 0 Å². The van der Waals surface area contributed by atoms with Crippen LogP contribution in [0.25, 0.3) is 0 Å². The maximum atomic E-state index is 12.8. The number of ether oxygens (including phenoxy) is 1. The minimum Gasteiger partial charge on any atom is -0.378 e. The van der Waals surface area contributed by atoms with E-state index in [1.807, 2.05) is 4.90 Å². The summed E-state index contributed by atoms with van der Waals surface area (Å²) < 4.78 is 5.27. The maximum absolute atomic E-state index is 12.8. The molecule has 2 aliphatic heterocycles. The van der Waals surface area contributed by atoms with Crippen LogP contribution in [0.5, 0.6) is 0 Å². The Labute approximate surface area is 172 Å². The molecule has 0 bridgehead atoms. The highest BCUT2D eigenvalue weighted by Gasteiger charge is 2.52. The van der Waals surface area contributed by atoms with Crippen molar-refractivity contribution in [2.24, 2.45) is 0 Å². The van der Waals surface area contributed by atoms with Crippen LogP contribution in [0.15, 0.2) is 18.2 Å². The summed E-state index contributed by atoms with van der Waals surface area (Å²) in [6.07, 6.45) is 3.70. The maximum Gasteiger partial charge on any atom is 0.344 e. The molecule has 11 heteroatoms. The summed E-state index contributed by atoms with van der Waals surface area (Å²) in [7, 11) is 0. The number of nitro groups is 1. The van der Waals surface area contributed by atoms with Crippen LogP contribution in [-0.2, 0) is 9.53 Å². The number of nitrogens with one attached hydrogen (secondary N) is 2. The zero-order valence-electron chi connectivity index (χ0n) is 16.4. The molecule has 11 nitrogen and oxygen atoms in total. The zero-order chi connectivity index (χ0) is 21.3. The fourth-order valence-electron chi connectivity index (χ4n) is 4.26. The number of hydrazine groups is 1. The number of benzene rings is 1.